The van der Waals surface area contributed by atoms with Crippen LogP contribution in [0, 0.1) is 11.6 Å². The van der Waals surface area contributed by atoms with Crippen molar-refractivity contribution in [2.24, 2.45) is 5.73 Å². The summed E-state index contributed by atoms with van der Waals surface area (Å²) in [5.41, 5.74) is 6.28. The Bertz CT molecular complexity index is 602. The molecule has 0 bridgehead atoms. The first-order chi connectivity index (χ1) is 8.99. The minimum atomic E-state index is -0.722. The van der Waals surface area contributed by atoms with E-state index in [1.165, 1.54) is 30.3 Å². The molecule has 2 N–H and O–H groups in total. The van der Waals surface area contributed by atoms with Crippen molar-refractivity contribution >= 4 is 11.6 Å². The zero-order chi connectivity index (χ0) is 14.0. The normalized spacial score (nSPS) is 12.3. The van der Waals surface area contributed by atoms with Gasteiger partial charge in [-0.05, 0) is 36.8 Å². The Morgan fingerprint density at radius 2 is 1.89 bits per heavy atom. The maximum Gasteiger partial charge on any atom is 0.184 e. The molecule has 5 heteroatoms. The van der Waals surface area contributed by atoms with Crippen LogP contribution in [0.5, 0.6) is 11.5 Å². The first kappa shape index (κ1) is 13.8. The van der Waals surface area contributed by atoms with Gasteiger partial charge < -0.3 is 10.5 Å². The predicted molar refractivity (Wildman–Crippen MR) is 70.5 cm³/mol. The Balaban J connectivity index is 2.31. The van der Waals surface area contributed by atoms with Gasteiger partial charge in [-0.2, -0.15) is 0 Å². The zero-order valence-corrected chi connectivity index (χ0v) is 10.9. The van der Waals surface area contributed by atoms with Gasteiger partial charge >= 0.3 is 0 Å². The predicted octanol–water partition coefficient (Wildman–Crippen LogP) is 4.43. The highest BCUT2D eigenvalue weighted by atomic mass is 35.5. The average Bonchev–Trinajstić information content (AvgIpc) is 2.37. The molecule has 0 aliphatic carbocycles. The van der Waals surface area contributed by atoms with Crippen molar-refractivity contribution in [3.8, 4) is 11.5 Å². The Morgan fingerprint density at radius 3 is 2.53 bits per heavy atom. The molecule has 0 fully saturated rings. The molecule has 0 saturated heterocycles. The molecule has 2 aromatic carbocycles. The average molecular weight is 284 g/mol. The second kappa shape index (κ2) is 5.55. The van der Waals surface area contributed by atoms with E-state index in [9.17, 15) is 8.78 Å². The minimum absolute atomic E-state index is 0.0782. The molecular weight excluding hydrogens is 272 g/mol. The topological polar surface area (TPSA) is 35.2 Å². The summed E-state index contributed by atoms with van der Waals surface area (Å²) in [6.45, 7) is 1.74. The van der Waals surface area contributed by atoms with E-state index < -0.39 is 11.6 Å². The van der Waals surface area contributed by atoms with Crippen LogP contribution in [0.15, 0.2) is 36.4 Å². The molecule has 2 rings (SSSR count). The van der Waals surface area contributed by atoms with E-state index in [-0.39, 0.29) is 22.6 Å². The zero-order valence-electron chi connectivity index (χ0n) is 10.2. The largest absolute Gasteiger partial charge is 0.451 e. The Labute approximate surface area is 114 Å². The fourth-order valence-electron chi connectivity index (χ4n) is 1.56. The van der Waals surface area contributed by atoms with Crippen LogP contribution >= 0.6 is 11.6 Å². The smallest absolute Gasteiger partial charge is 0.184 e. The Hall–Kier alpha value is -1.65. The lowest BCUT2D eigenvalue weighted by Gasteiger charge is -2.11. The van der Waals surface area contributed by atoms with Crippen molar-refractivity contribution in [3.05, 3.63) is 58.6 Å². The molecule has 0 spiro atoms. The molecule has 1 atom stereocenters. The fourth-order valence-corrected chi connectivity index (χ4v) is 1.73. The summed E-state index contributed by atoms with van der Waals surface area (Å²) in [6, 6.07) is 8.31. The maximum absolute atomic E-state index is 13.8. The quantitative estimate of drug-likeness (QED) is 0.904. The molecule has 2 aromatic rings. The number of hydrogen-bond donors (Lipinski definition) is 1. The number of benzene rings is 2. The monoisotopic (exact) mass is 283 g/mol. The van der Waals surface area contributed by atoms with Crippen molar-refractivity contribution in [2.75, 3.05) is 0 Å². The molecule has 2 nitrogen and oxygen atoms in total. The Morgan fingerprint density at radius 1 is 1.16 bits per heavy atom. The summed E-state index contributed by atoms with van der Waals surface area (Å²) >= 11 is 5.62. The third-order valence-electron chi connectivity index (χ3n) is 2.62. The van der Waals surface area contributed by atoms with E-state index in [0.29, 0.717) is 5.56 Å². The van der Waals surface area contributed by atoms with Gasteiger partial charge in [0.05, 0.1) is 5.02 Å². The minimum Gasteiger partial charge on any atom is -0.451 e. The number of hydrogen-bond acceptors (Lipinski definition) is 2. The molecule has 0 heterocycles. The third-order valence-corrected chi connectivity index (χ3v) is 2.91. The highest BCUT2D eigenvalue weighted by molar-refractivity contribution is 6.30. The standard InChI is InChI=1S/C14H12ClF2NO/c1-8(18)9-5-6-12(11(16)7-9)19-13-4-2-3-10(15)14(13)17/h2-8H,18H2,1H3/t8-/m0/s1. The van der Waals surface area contributed by atoms with Gasteiger partial charge in [-0.1, -0.05) is 23.7 Å². The SMILES string of the molecule is C[C@H](N)c1ccc(Oc2cccc(Cl)c2F)c(F)c1. The van der Waals surface area contributed by atoms with E-state index in [2.05, 4.69) is 0 Å². The summed E-state index contributed by atoms with van der Waals surface area (Å²) < 4.78 is 32.6. The first-order valence-electron chi connectivity index (χ1n) is 5.66. The molecule has 0 amide bonds. The van der Waals surface area contributed by atoms with Gasteiger partial charge in [0, 0.05) is 6.04 Å². The van der Waals surface area contributed by atoms with E-state index >= 15 is 0 Å². The van der Waals surface area contributed by atoms with Crippen LogP contribution in [0.3, 0.4) is 0 Å². The molecule has 0 aliphatic heterocycles. The van der Waals surface area contributed by atoms with E-state index in [4.69, 9.17) is 22.1 Å². The second-order valence-electron chi connectivity index (χ2n) is 4.13. The molecule has 0 saturated carbocycles. The van der Waals surface area contributed by atoms with Crippen LogP contribution < -0.4 is 10.5 Å². The van der Waals surface area contributed by atoms with Gasteiger partial charge in [-0.3, -0.25) is 0 Å². The fraction of sp³-hybridized carbons (Fsp3) is 0.143. The number of rotatable bonds is 3. The van der Waals surface area contributed by atoms with Crippen LogP contribution in [-0.4, -0.2) is 0 Å². The summed E-state index contributed by atoms with van der Waals surface area (Å²) in [5, 5.41) is -0.0786. The van der Waals surface area contributed by atoms with Crippen LogP contribution in [0.4, 0.5) is 8.78 Å². The molecule has 0 aliphatic rings. The summed E-state index contributed by atoms with van der Waals surface area (Å²) in [4.78, 5) is 0. The second-order valence-corrected chi connectivity index (χ2v) is 4.54. The van der Waals surface area contributed by atoms with E-state index in [1.54, 1.807) is 13.0 Å². The van der Waals surface area contributed by atoms with Crippen molar-refractivity contribution in [1.29, 1.82) is 0 Å². The van der Waals surface area contributed by atoms with Gasteiger partial charge in [0.1, 0.15) is 0 Å². The van der Waals surface area contributed by atoms with Crippen LogP contribution in [0.2, 0.25) is 5.02 Å². The third kappa shape index (κ3) is 3.03. The Kier molecular flexibility index (Phi) is 4.02. The molecule has 0 aromatic heterocycles. The van der Waals surface area contributed by atoms with Gasteiger partial charge in [0.15, 0.2) is 23.1 Å². The van der Waals surface area contributed by atoms with Gasteiger partial charge in [-0.15, -0.1) is 0 Å². The lowest BCUT2D eigenvalue weighted by atomic mass is 10.1. The van der Waals surface area contributed by atoms with Gasteiger partial charge in [-0.25, -0.2) is 8.78 Å². The summed E-state index contributed by atoms with van der Waals surface area (Å²) in [7, 11) is 0. The van der Waals surface area contributed by atoms with Crippen LogP contribution in [0.25, 0.3) is 0 Å². The van der Waals surface area contributed by atoms with Crippen molar-refractivity contribution in [1.82, 2.24) is 0 Å². The van der Waals surface area contributed by atoms with Crippen molar-refractivity contribution in [2.45, 2.75) is 13.0 Å². The van der Waals surface area contributed by atoms with Gasteiger partial charge in [0.25, 0.3) is 0 Å². The molecule has 0 radical (unpaired) electrons. The first-order valence-corrected chi connectivity index (χ1v) is 6.03. The van der Waals surface area contributed by atoms with Crippen molar-refractivity contribution in [3.63, 3.8) is 0 Å². The number of halogens is 3. The van der Waals surface area contributed by atoms with Crippen molar-refractivity contribution < 1.29 is 13.5 Å². The summed E-state index contributed by atoms with van der Waals surface area (Å²) in [5.74, 6) is -1.53. The van der Waals surface area contributed by atoms with E-state index in [1.807, 2.05) is 0 Å². The van der Waals surface area contributed by atoms with E-state index in [0.717, 1.165) is 0 Å². The molecule has 100 valence electrons. The van der Waals surface area contributed by atoms with Crippen LogP contribution in [-0.2, 0) is 0 Å². The highest BCUT2D eigenvalue weighted by Crippen LogP contribution is 2.31. The summed E-state index contributed by atoms with van der Waals surface area (Å²) in [6.07, 6.45) is 0. The maximum atomic E-state index is 13.8. The van der Waals surface area contributed by atoms with Gasteiger partial charge in [0.2, 0.25) is 0 Å². The highest BCUT2D eigenvalue weighted by Gasteiger charge is 2.12. The molecular formula is C14H12ClF2NO. The molecule has 0 unspecified atom stereocenters. The van der Waals surface area contributed by atoms with Crippen LogP contribution in [0.1, 0.15) is 18.5 Å². The number of ether oxygens (including phenoxy) is 1. The lowest BCUT2D eigenvalue weighted by molar-refractivity contribution is 0.414. The molecule has 19 heavy (non-hydrogen) atoms. The number of nitrogens with two attached hydrogens (primary N) is 1. The lowest BCUT2D eigenvalue weighted by Crippen LogP contribution is -2.05.